The number of aromatic nitrogens is 2. The Hall–Kier alpha value is -2.37. The van der Waals surface area contributed by atoms with Crippen LogP contribution in [0.15, 0.2) is 14.5 Å². The van der Waals surface area contributed by atoms with Crippen LogP contribution < -0.4 is 16.8 Å². The van der Waals surface area contributed by atoms with E-state index in [1.54, 1.807) is 0 Å². The predicted octanol–water partition coefficient (Wildman–Crippen LogP) is -0.898. The molecule has 0 unspecified atom stereocenters. The maximum Gasteiger partial charge on any atom is 0.350 e. The zero-order valence-electron chi connectivity index (χ0n) is 11.4. The summed E-state index contributed by atoms with van der Waals surface area (Å²) in [5.74, 6) is 1.87. The highest BCUT2D eigenvalue weighted by Crippen LogP contribution is 2.12. The summed E-state index contributed by atoms with van der Waals surface area (Å²) in [4.78, 5) is 21.3. The van der Waals surface area contributed by atoms with Crippen LogP contribution in [-0.4, -0.2) is 52.7 Å². The molecular formula is C9H16N8O3S. The summed E-state index contributed by atoms with van der Waals surface area (Å²) in [7, 11) is 1.50. The average molecular weight is 316 g/mol. The van der Waals surface area contributed by atoms with Gasteiger partial charge in [-0.2, -0.15) is 21.7 Å². The molecule has 1 rings (SSSR count). The molecule has 1 aromatic heterocycles. The molecule has 0 aliphatic heterocycles. The highest BCUT2D eigenvalue weighted by atomic mass is 32.2. The van der Waals surface area contributed by atoms with Gasteiger partial charge in [-0.25, -0.2) is 0 Å². The fourth-order valence-corrected chi connectivity index (χ4v) is 1.91. The number of nitro groups is 1. The van der Waals surface area contributed by atoms with Gasteiger partial charge in [0.15, 0.2) is 17.6 Å². The number of hydrogen-bond donors (Lipinski definition) is 3. The minimum Gasteiger partial charge on any atom is -0.370 e. The molecule has 0 spiro atoms. The number of nitrogens with two attached hydrogens (primary N) is 2. The van der Waals surface area contributed by atoms with E-state index < -0.39 is 4.92 Å². The summed E-state index contributed by atoms with van der Waals surface area (Å²) in [6.07, 6.45) is 0. The Kier molecular flexibility index (Phi) is 6.94. The molecule has 0 aliphatic carbocycles. The van der Waals surface area contributed by atoms with Crippen LogP contribution in [0.25, 0.3) is 0 Å². The summed E-state index contributed by atoms with van der Waals surface area (Å²) < 4.78 is 4.80. The van der Waals surface area contributed by atoms with Crippen molar-refractivity contribution in [3.8, 4) is 0 Å². The second-order valence-corrected chi connectivity index (χ2v) is 4.78. The van der Waals surface area contributed by atoms with Gasteiger partial charge >= 0.3 is 6.01 Å². The van der Waals surface area contributed by atoms with Gasteiger partial charge in [-0.15, -0.1) is 0 Å². The van der Waals surface area contributed by atoms with E-state index in [-0.39, 0.29) is 18.5 Å². The van der Waals surface area contributed by atoms with Crippen LogP contribution in [0, 0.1) is 10.1 Å². The Bertz CT molecular complexity index is 525. The summed E-state index contributed by atoms with van der Waals surface area (Å²) in [6.45, 7) is 0.234. The third-order valence-corrected chi connectivity index (χ3v) is 2.99. The molecule has 0 fully saturated rings. The van der Waals surface area contributed by atoms with Crippen molar-refractivity contribution in [3.63, 3.8) is 0 Å². The van der Waals surface area contributed by atoms with Gasteiger partial charge in [0, 0.05) is 24.3 Å². The van der Waals surface area contributed by atoms with Crippen molar-refractivity contribution in [1.82, 2.24) is 15.5 Å². The van der Waals surface area contributed by atoms with Crippen molar-refractivity contribution in [2.24, 2.45) is 21.5 Å². The van der Waals surface area contributed by atoms with E-state index in [0.29, 0.717) is 29.7 Å². The van der Waals surface area contributed by atoms with Crippen LogP contribution in [0.4, 0.5) is 6.01 Å². The van der Waals surface area contributed by atoms with Crippen molar-refractivity contribution < 1.29 is 9.45 Å². The molecule has 1 aromatic rings. The van der Waals surface area contributed by atoms with Gasteiger partial charge in [0.05, 0.1) is 5.75 Å². The smallest absolute Gasteiger partial charge is 0.350 e. The number of rotatable bonds is 8. The van der Waals surface area contributed by atoms with E-state index in [0.717, 1.165) is 0 Å². The van der Waals surface area contributed by atoms with Crippen LogP contribution in [-0.2, 0) is 5.75 Å². The third kappa shape index (κ3) is 7.10. The minimum atomic E-state index is -0.438. The summed E-state index contributed by atoms with van der Waals surface area (Å²) in [6, 6.07) is 0.00936. The number of amidine groups is 1. The summed E-state index contributed by atoms with van der Waals surface area (Å²) in [5, 5.41) is 16.9. The Morgan fingerprint density at radius 3 is 2.95 bits per heavy atom. The quantitative estimate of drug-likeness (QED) is 0.181. The van der Waals surface area contributed by atoms with Crippen molar-refractivity contribution in [2.45, 2.75) is 5.75 Å². The lowest BCUT2D eigenvalue weighted by Gasteiger charge is -2.04. The third-order valence-electron chi connectivity index (χ3n) is 2.04. The highest BCUT2D eigenvalue weighted by Gasteiger charge is 2.07. The molecule has 0 aliphatic rings. The Morgan fingerprint density at radius 2 is 2.33 bits per heavy atom. The summed E-state index contributed by atoms with van der Waals surface area (Å²) >= 11 is 1.53. The van der Waals surface area contributed by atoms with Gasteiger partial charge in [-0.1, -0.05) is 5.16 Å². The van der Waals surface area contributed by atoms with Gasteiger partial charge in [0.1, 0.15) is 0 Å². The molecular weight excluding hydrogens is 300 g/mol. The lowest BCUT2D eigenvalue weighted by Crippen LogP contribution is -2.31. The zero-order chi connectivity index (χ0) is 15.7. The monoisotopic (exact) mass is 316 g/mol. The molecule has 1 heterocycles. The summed E-state index contributed by atoms with van der Waals surface area (Å²) in [5.41, 5.74) is 10.4. The van der Waals surface area contributed by atoms with E-state index in [1.807, 2.05) is 0 Å². The number of aliphatic imine (C=N–C) groups is 2. The maximum atomic E-state index is 10.3. The number of nitrogens with one attached hydrogen (secondary N) is 1. The van der Waals surface area contributed by atoms with Crippen molar-refractivity contribution in [2.75, 3.05) is 25.9 Å². The Balaban J connectivity index is 2.24. The molecule has 0 radical (unpaired) electrons. The fourth-order valence-electron chi connectivity index (χ4n) is 1.22. The van der Waals surface area contributed by atoms with E-state index >= 15 is 0 Å². The van der Waals surface area contributed by atoms with E-state index in [1.165, 1.54) is 18.8 Å². The van der Waals surface area contributed by atoms with Gasteiger partial charge in [0.25, 0.3) is 6.54 Å². The first-order chi connectivity index (χ1) is 10.0. The predicted molar refractivity (Wildman–Crippen MR) is 79.2 cm³/mol. The van der Waals surface area contributed by atoms with E-state index in [9.17, 15) is 10.1 Å². The standard InChI is InChI=1S/C9H16N8O3S/c1-12-6(4-17(18)19)13-2-3-21-5-7-14-9(20-16-7)15-8(10)11/h2-5H2,1H3,(H,12,13)(H4,10,11,14,15,16). The highest BCUT2D eigenvalue weighted by molar-refractivity contribution is 7.98. The SMILES string of the molecule is CN=C(C[N+](=O)[O-])NCCSCc1noc(N=C(N)N)n1. The van der Waals surface area contributed by atoms with Gasteiger partial charge in [-0.3, -0.25) is 15.1 Å². The first kappa shape index (κ1) is 16.7. The average Bonchev–Trinajstić information content (AvgIpc) is 2.83. The fraction of sp³-hybridized carbons (Fsp3) is 0.556. The van der Waals surface area contributed by atoms with Crippen molar-refractivity contribution >= 4 is 29.6 Å². The van der Waals surface area contributed by atoms with Crippen LogP contribution >= 0.6 is 11.8 Å². The molecule has 0 saturated heterocycles. The lowest BCUT2D eigenvalue weighted by atomic mass is 10.5. The maximum absolute atomic E-state index is 10.3. The first-order valence-electron chi connectivity index (χ1n) is 5.82. The number of thioether (sulfide) groups is 1. The Morgan fingerprint density at radius 1 is 1.57 bits per heavy atom. The second kappa shape index (κ2) is 8.73. The largest absolute Gasteiger partial charge is 0.370 e. The van der Waals surface area contributed by atoms with E-state index in [4.69, 9.17) is 16.0 Å². The molecule has 0 saturated carbocycles. The molecule has 116 valence electrons. The second-order valence-electron chi connectivity index (χ2n) is 3.67. The molecule has 0 amide bonds. The molecule has 12 heteroatoms. The van der Waals surface area contributed by atoms with Crippen molar-refractivity contribution in [1.29, 1.82) is 0 Å². The zero-order valence-corrected chi connectivity index (χ0v) is 12.2. The van der Waals surface area contributed by atoms with Gasteiger partial charge in [-0.05, 0) is 0 Å². The number of nitrogens with zero attached hydrogens (tertiary/aromatic N) is 5. The molecule has 21 heavy (non-hydrogen) atoms. The van der Waals surface area contributed by atoms with Gasteiger partial charge < -0.3 is 21.3 Å². The topological polar surface area (TPSA) is 171 Å². The van der Waals surface area contributed by atoms with Gasteiger partial charge in [0.2, 0.25) is 0 Å². The van der Waals surface area contributed by atoms with Crippen LogP contribution in [0.3, 0.4) is 0 Å². The van der Waals surface area contributed by atoms with Crippen LogP contribution in [0.1, 0.15) is 5.82 Å². The molecule has 11 nitrogen and oxygen atoms in total. The Labute approximate surface area is 124 Å². The van der Waals surface area contributed by atoms with E-state index in [2.05, 4.69) is 25.4 Å². The van der Waals surface area contributed by atoms with Crippen LogP contribution in [0.5, 0.6) is 0 Å². The molecule has 0 atom stereocenters. The normalized spacial score (nSPS) is 11.2. The molecule has 0 aromatic carbocycles. The lowest BCUT2D eigenvalue weighted by molar-refractivity contribution is -0.463. The molecule has 5 N–H and O–H groups in total. The first-order valence-corrected chi connectivity index (χ1v) is 6.98. The number of hydrogen-bond acceptors (Lipinski definition) is 8. The molecule has 0 bridgehead atoms. The van der Waals surface area contributed by atoms with Crippen molar-refractivity contribution in [3.05, 3.63) is 15.9 Å². The van der Waals surface area contributed by atoms with Crippen LogP contribution in [0.2, 0.25) is 0 Å². The number of guanidine groups is 1. The minimum absolute atomic E-state index is 0.00936.